The van der Waals surface area contributed by atoms with Crippen molar-refractivity contribution in [1.82, 2.24) is 9.13 Å². The van der Waals surface area contributed by atoms with Gasteiger partial charge in [-0.15, -0.1) is 0 Å². The molecule has 434 valence electrons. The lowest BCUT2D eigenvalue weighted by atomic mass is 9.49. The second-order valence-corrected chi connectivity index (χ2v) is 40.6. The maximum atomic E-state index is 13.0. The van der Waals surface area contributed by atoms with Gasteiger partial charge in [-0.25, -0.2) is 0 Å². The Hall–Kier alpha value is -3.73. The summed E-state index contributed by atoms with van der Waals surface area (Å²) in [5, 5.41) is 7.71. The van der Waals surface area contributed by atoms with E-state index >= 15 is 0 Å². The fraction of sp³-hybridized carbons (Fsp3) is 0.419. The molecule has 0 unspecified atom stereocenters. The first-order valence-corrected chi connectivity index (χ1v) is 39.0. The summed E-state index contributed by atoms with van der Waals surface area (Å²) in [6.45, 7) is 38.8. The Bertz CT molecular complexity index is 3790. The number of nitrogens with zero attached hydrogens (tertiary/aromatic N) is 2. The fourth-order valence-electron chi connectivity index (χ4n) is 10.3. The van der Waals surface area contributed by atoms with E-state index in [1.807, 2.05) is 128 Å². The maximum absolute atomic E-state index is 13.0. The van der Waals surface area contributed by atoms with Gasteiger partial charge in [0.15, 0.2) is 0 Å². The zero-order valence-corrected chi connectivity index (χ0v) is 56.6. The predicted octanol–water partition coefficient (Wildman–Crippen LogP) is 13.9. The number of fused-ring (bicyclic) bond motifs is 6. The number of aromatic nitrogens is 2. The molecule has 0 N–H and O–H groups in total. The molecule has 6 aromatic carbocycles. The maximum Gasteiger partial charge on any atom is 0.494 e. The molecule has 0 saturated carbocycles. The molecule has 0 bridgehead atoms. The van der Waals surface area contributed by atoms with Gasteiger partial charge in [0.25, 0.3) is 0 Å². The van der Waals surface area contributed by atoms with Crippen LogP contribution in [0.3, 0.4) is 0 Å². The van der Waals surface area contributed by atoms with Crippen LogP contribution < -0.4 is 26.7 Å². The zero-order valence-electron chi connectivity index (χ0n) is 51.4. The molecule has 3 fully saturated rings. The van der Waals surface area contributed by atoms with Crippen LogP contribution in [0.25, 0.3) is 55.0 Å². The molecule has 3 aliphatic heterocycles. The number of hydrogen-bond donors (Lipinski definition) is 0. The van der Waals surface area contributed by atoms with Crippen LogP contribution in [0.5, 0.6) is 0 Å². The predicted molar refractivity (Wildman–Crippen MR) is 353 cm³/mol. The third-order valence-electron chi connectivity index (χ3n) is 17.4. The van der Waals surface area contributed by atoms with Crippen molar-refractivity contribution in [2.45, 2.75) is 117 Å². The highest BCUT2D eigenvalue weighted by molar-refractivity contribution is 9.10. The monoisotopic (exact) mass is 1250 g/mol. The van der Waals surface area contributed by atoms with E-state index in [9.17, 15) is 18.3 Å². The van der Waals surface area contributed by atoms with E-state index in [0.717, 1.165) is 86.1 Å². The van der Waals surface area contributed by atoms with Gasteiger partial charge in [0.05, 0.1) is 55.7 Å². The molecule has 8 aromatic rings. The van der Waals surface area contributed by atoms with Gasteiger partial charge in [-0.2, -0.15) is 0 Å². The van der Waals surface area contributed by atoms with E-state index in [2.05, 4.69) is 101 Å². The Morgan fingerprint density at radius 2 is 0.622 bits per heavy atom. The van der Waals surface area contributed by atoms with Gasteiger partial charge in [0.2, 0.25) is 0 Å². The summed E-state index contributed by atoms with van der Waals surface area (Å²) in [6, 6.07) is 40.5. The molecular weight excluding hydrogens is 1170 g/mol. The zero-order chi connectivity index (χ0) is 60.5. The molecule has 0 atom stereocenters. The Kier molecular flexibility index (Phi) is 16.3. The first-order chi connectivity index (χ1) is 37.5. The van der Waals surface area contributed by atoms with Crippen molar-refractivity contribution in [3.63, 3.8) is 0 Å². The summed E-state index contributed by atoms with van der Waals surface area (Å²) in [5.41, 5.74) is 4.53. The van der Waals surface area contributed by atoms with E-state index in [1.165, 1.54) is 0 Å². The molecule has 0 radical (unpaired) electrons. The van der Waals surface area contributed by atoms with E-state index in [1.54, 1.807) is 53.3 Å². The third-order valence-corrected chi connectivity index (χ3v) is 24.0. The minimum absolute atomic E-state index is 0.360. The van der Waals surface area contributed by atoms with E-state index in [4.69, 9.17) is 27.9 Å². The highest BCUT2D eigenvalue weighted by Gasteiger charge is 2.64. The molecule has 3 saturated heterocycles. The standard InChI is InChI=1S/C28H34BNO4P2.C22H22BrNO2P2.C12H24B2O4/c1-27(2)28(3,4)34-29(33-27)19-10-9-11-20(16-19)30-25-17-21(35(5,6)31)12-14-23(25)24-15-13-22(18-26(24)30)36(7,8)32;1-27(2,25)17-8-10-19-20-11-9-18(28(3,4)26)14-22(20)24(21(19)13-17)16-7-5-6-15(23)12-16;1-9(2)10(3,4)16-13(15-9)14-17-11(5,6)12(7,8)18-14/h9-18H,1-8H3;5-14H,1-4H3;1-8H3. The second-order valence-electron chi connectivity index (χ2n) is 26.8. The summed E-state index contributed by atoms with van der Waals surface area (Å²) >= 11 is 3.57. The number of halogens is 1. The van der Waals surface area contributed by atoms with Crippen molar-refractivity contribution in [2.24, 2.45) is 0 Å². The van der Waals surface area contributed by atoms with Gasteiger partial charge in [-0.3, -0.25) is 0 Å². The highest BCUT2D eigenvalue weighted by Crippen LogP contribution is 2.46. The molecule has 20 heteroatoms. The van der Waals surface area contributed by atoms with Crippen LogP contribution in [0, 0.1) is 0 Å². The molecule has 3 aliphatic rings. The summed E-state index contributed by atoms with van der Waals surface area (Å²) in [4.78, 5) is 0. The smallest absolute Gasteiger partial charge is 0.405 e. The normalized spacial score (nSPS) is 19.2. The number of benzene rings is 6. The largest absolute Gasteiger partial charge is 0.494 e. The molecule has 5 heterocycles. The minimum atomic E-state index is -2.47. The second kappa shape index (κ2) is 21.3. The third kappa shape index (κ3) is 12.1. The van der Waals surface area contributed by atoms with E-state index < -0.39 is 60.9 Å². The Balaban J connectivity index is 0.000000157. The molecule has 12 nitrogen and oxygen atoms in total. The van der Waals surface area contributed by atoms with Crippen molar-refractivity contribution in [1.29, 1.82) is 0 Å². The highest BCUT2D eigenvalue weighted by atomic mass is 79.9. The first-order valence-electron chi connectivity index (χ1n) is 27.8. The molecule has 0 amide bonds. The van der Waals surface area contributed by atoms with Crippen LogP contribution in [-0.2, 0) is 46.2 Å². The van der Waals surface area contributed by atoms with Gasteiger partial charge < -0.3 is 55.3 Å². The Morgan fingerprint density at radius 1 is 0.354 bits per heavy atom. The SMILES string of the molecule is CC1(C)OB(B2OC(C)(C)C(C)(C)O2)OC1(C)C.CC1(C)OB(c2cccc(-n3c4cc(P(C)(C)=O)ccc4c4ccc(P(C)(C)=O)cc43)c2)OC1(C)C.CP(C)(=O)c1ccc2c3ccc(P(C)(C)=O)cc3n(-c3cccc(Br)c3)c2c1. The lowest BCUT2D eigenvalue weighted by Crippen LogP contribution is -2.41. The van der Waals surface area contributed by atoms with Gasteiger partial charge in [-0.1, -0.05) is 82.7 Å². The Morgan fingerprint density at radius 3 is 0.902 bits per heavy atom. The number of rotatable bonds is 8. The molecule has 82 heavy (non-hydrogen) atoms. The lowest BCUT2D eigenvalue weighted by molar-refractivity contribution is 0.00578. The van der Waals surface area contributed by atoms with Crippen LogP contribution in [-0.4, -0.2) is 117 Å². The van der Waals surface area contributed by atoms with Crippen LogP contribution in [0.4, 0.5) is 0 Å². The van der Waals surface area contributed by atoms with Gasteiger partial charge in [0.1, 0.15) is 28.6 Å². The van der Waals surface area contributed by atoms with Crippen LogP contribution in [0.15, 0.2) is 126 Å². The average Bonchev–Trinajstić information content (AvgIpc) is 3.57. The summed E-state index contributed by atoms with van der Waals surface area (Å²) in [7, 11) is -11.1. The quantitative estimate of drug-likeness (QED) is 0.107. The Labute approximate surface area is 495 Å². The van der Waals surface area contributed by atoms with Crippen molar-refractivity contribution < 1.29 is 46.2 Å². The molecule has 0 spiro atoms. The van der Waals surface area contributed by atoms with Crippen molar-refractivity contribution in [3.05, 3.63) is 126 Å². The molecule has 0 aliphatic carbocycles. The lowest BCUT2D eigenvalue weighted by Gasteiger charge is -2.32. The van der Waals surface area contributed by atoms with Crippen LogP contribution in [0.1, 0.15) is 83.1 Å². The van der Waals surface area contributed by atoms with Crippen molar-refractivity contribution in [3.8, 4) is 11.4 Å². The van der Waals surface area contributed by atoms with Crippen LogP contribution in [0.2, 0.25) is 0 Å². The first kappa shape index (κ1) is 62.8. The fourth-order valence-corrected chi connectivity index (χ4v) is 14.1. The van der Waals surface area contributed by atoms with E-state index in [-0.39, 0.29) is 22.4 Å². The van der Waals surface area contributed by atoms with Gasteiger partial charge in [0, 0.05) is 58.6 Å². The average molecular weight is 1250 g/mol. The minimum Gasteiger partial charge on any atom is -0.405 e. The van der Waals surface area contributed by atoms with Gasteiger partial charge in [-0.05, 0) is 196 Å². The van der Waals surface area contributed by atoms with Crippen LogP contribution >= 0.6 is 44.5 Å². The molecule has 11 rings (SSSR count). The van der Waals surface area contributed by atoms with Crippen molar-refractivity contribution >= 4 is 136 Å². The van der Waals surface area contributed by atoms with E-state index in [0.29, 0.717) is 0 Å². The summed E-state index contributed by atoms with van der Waals surface area (Å²) < 4.78 is 93.2. The number of hydrogen-bond acceptors (Lipinski definition) is 10. The van der Waals surface area contributed by atoms with Crippen molar-refractivity contribution in [2.75, 3.05) is 53.3 Å². The summed E-state index contributed by atoms with van der Waals surface area (Å²) in [5.74, 6) is 0. The molecule has 2 aromatic heterocycles. The molecular formula is C62H80B3BrN2O10P4. The topological polar surface area (TPSA) is 134 Å². The van der Waals surface area contributed by atoms with Gasteiger partial charge >= 0.3 is 21.1 Å². The summed E-state index contributed by atoms with van der Waals surface area (Å²) in [6.07, 6.45) is 0.